The number of nitrogens with zero attached hydrogens (tertiary/aromatic N) is 3. The Labute approximate surface area is 158 Å². The van der Waals surface area contributed by atoms with E-state index >= 15 is 0 Å². The Morgan fingerprint density at radius 2 is 2.00 bits per heavy atom. The predicted octanol–water partition coefficient (Wildman–Crippen LogP) is 0.750. The van der Waals surface area contributed by atoms with Crippen LogP contribution < -0.4 is 0 Å². The molecule has 2 saturated heterocycles. The third kappa shape index (κ3) is 3.47. The highest BCUT2D eigenvalue weighted by Crippen LogP contribution is 2.33. The molecule has 150 valence electrons. The second-order valence-electron chi connectivity index (χ2n) is 7.84. The van der Waals surface area contributed by atoms with Crippen molar-refractivity contribution in [2.45, 2.75) is 44.9 Å². The number of aromatic amines is 1. The van der Waals surface area contributed by atoms with Crippen LogP contribution in [0.4, 0.5) is 0 Å². The average molecular weight is 398 g/mol. The molecule has 1 aromatic rings. The normalized spacial score (nSPS) is 27.1. The van der Waals surface area contributed by atoms with Gasteiger partial charge in [0.15, 0.2) is 0 Å². The number of rotatable bonds is 4. The van der Waals surface area contributed by atoms with Crippen LogP contribution in [-0.2, 0) is 19.6 Å². The molecule has 2 N–H and O–H groups in total. The van der Waals surface area contributed by atoms with Crippen LogP contribution in [-0.4, -0.2) is 71.0 Å². The van der Waals surface area contributed by atoms with Crippen molar-refractivity contribution in [3.63, 3.8) is 0 Å². The van der Waals surface area contributed by atoms with Crippen molar-refractivity contribution in [1.82, 2.24) is 19.4 Å². The molecule has 1 aromatic heterocycles. The van der Waals surface area contributed by atoms with E-state index in [9.17, 15) is 23.1 Å². The Bertz CT molecular complexity index is 845. The number of aryl methyl sites for hydroxylation is 2. The van der Waals surface area contributed by atoms with Gasteiger partial charge in [-0.15, -0.1) is 0 Å². The highest BCUT2D eigenvalue weighted by Gasteiger charge is 2.44. The second kappa shape index (κ2) is 6.90. The number of carboxylic acids is 1. The summed E-state index contributed by atoms with van der Waals surface area (Å²) in [4.78, 5) is 26.1. The number of nitrogens with one attached hydrogen (secondary N) is 1. The van der Waals surface area contributed by atoms with Crippen LogP contribution >= 0.6 is 0 Å². The van der Waals surface area contributed by atoms with Crippen molar-refractivity contribution in [3.8, 4) is 0 Å². The number of likely N-dealkylation sites (tertiary alicyclic amines) is 1. The van der Waals surface area contributed by atoms with Gasteiger partial charge in [0.05, 0.1) is 22.7 Å². The SMILES string of the molecule is Cc1n[nH]c(C)c1S(=O)(=O)N1CCCC(C(=O)N2CCC(C)(C(=O)O)C2)C1. The van der Waals surface area contributed by atoms with Gasteiger partial charge in [-0.25, -0.2) is 8.42 Å². The number of H-pyrrole nitrogens is 1. The first kappa shape index (κ1) is 19.8. The van der Waals surface area contributed by atoms with E-state index in [1.54, 1.807) is 25.7 Å². The number of carbonyl (C=O) groups is 2. The lowest BCUT2D eigenvalue weighted by Gasteiger charge is -2.33. The first-order valence-electron chi connectivity index (χ1n) is 9.10. The van der Waals surface area contributed by atoms with Gasteiger partial charge in [-0.3, -0.25) is 14.7 Å². The van der Waals surface area contributed by atoms with Crippen molar-refractivity contribution in [3.05, 3.63) is 11.4 Å². The van der Waals surface area contributed by atoms with Crippen molar-refractivity contribution >= 4 is 21.9 Å². The van der Waals surface area contributed by atoms with E-state index in [2.05, 4.69) is 10.2 Å². The Kier molecular flexibility index (Phi) is 5.06. The standard InChI is InChI=1S/C17H26N4O5S/c1-11-14(12(2)19-18-11)27(25,26)21-7-4-5-13(9-21)15(22)20-8-6-17(3,10-20)16(23)24/h13H,4-10H2,1-3H3,(H,18,19)(H,23,24). The van der Waals surface area contributed by atoms with Crippen LogP contribution in [0.5, 0.6) is 0 Å². The maximum Gasteiger partial charge on any atom is 0.311 e. The van der Waals surface area contributed by atoms with E-state index in [1.165, 1.54) is 4.31 Å². The maximum absolute atomic E-state index is 13.0. The molecule has 10 heteroatoms. The van der Waals surface area contributed by atoms with Gasteiger partial charge in [-0.2, -0.15) is 9.40 Å². The first-order valence-corrected chi connectivity index (χ1v) is 10.5. The molecule has 0 spiro atoms. The lowest BCUT2D eigenvalue weighted by atomic mass is 9.90. The quantitative estimate of drug-likeness (QED) is 0.771. The molecule has 3 heterocycles. The van der Waals surface area contributed by atoms with Gasteiger partial charge in [0.1, 0.15) is 4.90 Å². The van der Waals surface area contributed by atoms with E-state index in [0.717, 1.165) is 0 Å². The van der Waals surface area contributed by atoms with Crippen LogP contribution in [0, 0.1) is 25.2 Å². The molecule has 0 aliphatic carbocycles. The number of aliphatic carboxylic acids is 1. The fourth-order valence-corrected chi connectivity index (χ4v) is 5.85. The number of amides is 1. The van der Waals surface area contributed by atoms with Gasteiger partial charge in [0.25, 0.3) is 0 Å². The van der Waals surface area contributed by atoms with Gasteiger partial charge in [-0.1, -0.05) is 0 Å². The zero-order valence-electron chi connectivity index (χ0n) is 15.9. The van der Waals surface area contributed by atoms with Crippen molar-refractivity contribution in [1.29, 1.82) is 0 Å². The molecule has 0 aromatic carbocycles. The van der Waals surface area contributed by atoms with Crippen LogP contribution in [0.25, 0.3) is 0 Å². The zero-order valence-corrected chi connectivity index (χ0v) is 16.7. The van der Waals surface area contributed by atoms with Crippen molar-refractivity contribution in [2.24, 2.45) is 11.3 Å². The monoisotopic (exact) mass is 398 g/mol. The van der Waals surface area contributed by atoms with E-state index in [4.69, 9.17) is 0 Å². The second-order valence-corrected chi connectivity index (χ2v) is 9.72. The molecule has 1 amide bonds. The number of carboxylic acid groups (broad SMARTS) is 1. The number of carbonyl (C=O) groups excluding carboxylic acids is 1. The van der Waals surface area contributed by atoms with Gasteiger partial charge in [-0.05, 0) is 40.0 Å². The smallest absolute Gasteiger partial charge is 0.311 e. The minimum Gasteiger partial charge on any atom is -0.481 e. The summed E-state index contributed by atoms with van der Waals surface area (Å²) in [7, 11) is -3.73. The number of hydrogen-bond donors (Lipinski definition) is 2. The third-order valence-electron chi connectivity index (χ3n) is 5.69. The number of aromatic nitrogens is 2. The molecular formula is C17H26N4O5S. The van der Waals surface area contributed by atoms with E-state index in [0.29, 0.717) is 43.7 Å². The summed E-state index contributed by atoms with van der Waals surface area (Å²) in [5.41, 5.74) is -0.0309. The highest BCUT2D eigenvalue weighted by molar-refractivity contribution is 7.89. The summed E-state index contributed by atoms with van der Waals surface area (Å²) < 4.78 is 27.4. The molecule has 2 aliphatic heterocycles. The molecule has 0 saturated carbocycles. The molecule has 2 fully saturated rings. The fraction of sp³-hybridized carbons (Fsp3) is 0.706. The van der Waals surface area contributed by atoms with Crippen molar-refractivity contribution in [2.75, 3.05) is 26.2 Å². The summed E-state index contributed by atoms with van der Waals surface area (Å²) in [6.07, 6.45) is 1.61. The Hall–Kier alpha value is -1.94. The van der Waals surface area contributed by atoms with Gasteiger partial charge in [0, 0.05) is 26.2 Å². The number of hydrogen-bond acceptors (Lipinski definition) is 5. The summed E-state index contributed by atoms with van der Waals surface area (Å²) in [5, 5.41) is 16.0. The molecular weight excluding hydrogens is 372 g/mol. The van der Waals surface area contributed by atoms with Gasteiger partial charge < -0.3 is 10.0 Å². The lowest BCUT2D eigenvalue weighted by Crippen LogP contribution is -2.47. The predicted molar refractivity (Wildman–Crippen MR) is 96.5 cm³/mol. The number of piperidine rings is 1. The molecule has 3 rings (SSSR count). The van der Waals surface area contributed by atoms with Gasteiger partial charge in [0.2, 0.25) is 15.9 Å². The lowest BCUT2D eigenvalue weighted by molar-refractivity contribution is -0.147. The van der Waals surface area contributed by atoms with E-state index in [-0.39, 0.29) is 23.9 Å². The fourth-order valence-electron chi connectivity index (χ4n) is 3.99. The Morgan fingerprint density at radius 3 is 2.56 bits per heavy atom. The van der Waals surface area contributed by atoms with Crippen LogP contribution in [0.1, 0.15) is 37.6 Å². The molecule has 2 unspecified atom stereocenters. The molecule has 27 heavy (non-hydrogen) atoms. The van der Waals surface area contributed by atoms with Crippen LogP contribution in [0.2, 0.25) is 0 Å². The van der Waals surface area contributed by atoms with Crippen LogP contribution in [0.15, 0.2) is 4.90 Å². The first-order chi connectivity index (χ1) is 12.6. The molecule has 9 nitrogen and oxygen atoms in total. The average Bonchev–Trinajstić information content (AvgIpc) is 3.18. The molecule has 2 aliphatic rings. The van der Waals surface area contributed by atoms with E-state index in [1.807, 2.05) is 0 Å². The summed E-state index contributed by atoms with van der Waals surface area (Å²) >= 11 is 0. The third-order valence-corrected chi connectivity index (χ3v) is 7.82. The van der Waals surface area contributed by atoms with Gasteiger partial charge >= 0.3 is 5.97 Å². The summed E-state index contributed by atoms with van der Waals surface area (Å²) in [6, 6.07) is 0. The Morgan fingerprint density at radius 1 is 1.30 bits per heavy atom. The zero-order chi connectivity index (χ0) is 20.0. The minimum atomic E-state index is -3.73. The van der Waals surface area contributed by atoms with Crippen molar-refractivity contribution < 1.29 is 23.1 Å². The molecule has 2 atom stereocenters. The number of sulfonamides is 1. The van der Waals surface area contributed by atoms with E-state index < -0.39 is 27.3 Å². The largest absolute Gasteiger partial charge is 0.481 e. The topological polar surface area (TPSA) is 124 Å². The van der Waals surface area contributed by atoms with Crippen LogP contribution in [0.3, 0.4) is 0 Å². The molecule has 0 radical (unpaired) electrons. The maximum atomic E-state index is 13.0. The molecule has 0 bridgehead atoms. The highest BCUT2D eigenvalue weighted by atomic mass is 32.2. The summed E-state index contributed by atoms with van der Waals surface area (Å²) in [5.74, 6) is -1.51. The summed E-state index contributed by atoms with van der Waals surface area (Å²) in [6.45, 7) is 5.99. The minimum absolute atomic E-state index is 0.117. The Balaban J connectivity index is 1.75.